The average molecular weight is 208 g/mol. The largest absolute Gasteiger partial charge is 0.103 e. The van der Waals surface area contributed by atoms with Gasteiger partial charge in [-0.3, -0.25) is 0 Å². The predicted molar refractivity (Wildman–Crippen MR) is 71.0 cm³/mol. The predicted octanol–water partition coefficient (Wildman–Crippen LogP) is 5.22. The van der Waals surface area contributed by atoms with Gasteiger partial charge in [0.05, 0.1) is 0 Å². The monoisotopic (exact) mass is 208 g/mol. The summed E-state index contributed by atoms with van der Waals surface area (Å²) in [5.74, 6) is 2.12. The van der Waals surface area contributed by atoms with Crippen LogP contribution in [0.1, 0.15) is 53.4 Å². The van der Waals surface area contributed by atoms with Crippen LogP contribution in [-0.4, -0.2) is 0 Å². The summed E-state index contributed by atoms with van der Waals surface area (Å²) in [4.78, 5) is 0. The first-order chi connectivity index (χ1) is 7.15. The van der Waals surface area contributed by atoms with Gasteiger partial charge in [0, 0.05) is 0 Å². The summed E-state index contributed by atoms with van der Waals surface area (Å²) in [6, 6.07) is 0. The van der Waals surface area contributed by atoms with Crippen LogP contribution in [0.4, 0.5) is 0 Å². The standard InChI is InChI=1S/C15H28/c1-6-10-13(4)11-9-12-14(5)15(7-2)8-3/h7,9,12-15H,2,6,8,10-11H2,1,3-5H3. The van der Waals surface area contributed by atoms with Gasteiger partial charge < -0.3 is 0 Å². The van der Waals surface area contributed by atoms with E-state index in [1.54, 1.807) is 0 Å². The molecule has 0 saturated heterocycles. The molecule has 0 heteroatoms. The van der Waals surface area contributed by atoms with E-state index in [0.717, 1.165) is 5.92 Å². The summed E-state index contributed by atoms with van der Waals surface area (Å²) in [5.41, 5.74) is 0. The van der Waals surface area contributed by atoms with Crippen LogP contribution in [0.15, 0.2) is 24.8 Å². The van der Waals surface area contributed by atoms with Gasteiger partial charge in [0.25, 0.3) is 0 Å². The molecule has 0 aromatic carbocycles. The van der Waals surface area contributed by atoms with Crippen molar-refractivity contribution in [3.63, 3.8) is 0 Å². The van der Waals surface area contributed by atoms with E-state index >= 15 is 0 Å². The summed E-state index contributed by atoms with van der Waals surface area (Å²) >= 11 is 0. The van der Waals surface area contributed by atoms with Crippen molar-refractivity contribution in [3.8, 4) is 0 Å². The first-order valence-electron chi connectivity index (χ1n) is 6.44. The van der Waals surface area contributed by atoms with E-state index in [0.29, 0.717) is 11.8 Å². The molecule has 0 rings (SSSR count). The van der Waals surface area contributed by atoms with Crippen molar-refractivity contribution in [1.29, 1.82) is 0 Å². The Morgan fingerprint density at radius 2 is 1.87 bits per heavy atom. The summed E-state index contributed by atoms with van der Waals surface area (Å²) < 4.78 is 0. The van der Waals surface area contributed by atoms with Crippen molar-refractivity contribution in [3.05, 3.63) is 24.8 Å². The van der Waals surface area contributed by atoms with Crippen molar-refractivity contribution in [2.45, 2.75) is 53.4 Å². The van der Waals surface area contributed by atoms with Crippen LogP contribution >= 0.6 is 0 Å². The fourth-order valence-electron chi connectivity index (χ4n) is 2.03. The highest BCUT2D eigenvalue weighted by molar-refractivity contribution is 4.95. The van der Waals surface area contributed by atoms with Crippen LogP contribution in [0.5, 0.6) is 0 Å². The molecule has 0 radical (unpaired) electrons. The Hall–Kier alpha value is -0.520. The van der Waals surface area contributed by atoms with E-state index in [1.165, 1.54) is 25.7 Å². The van der Waals surface area contributed by atoms with Gasteiger partial charge in [0.15, 0.2) is 0 Å². The third-order valence-electron chi connectivity index (χ3n) is 3.21. The molecule has 0 saturated carbocycles. The summed E-state index contributed by atoms with van der Waals surface area (Å²) in [6.07, 6.45) is 11.9. The minimum atomic E-state index is 0.640. The minimum Gasteiger partial charge on any atom is -0.103 e. The smallest absolute Gasteiger partial charge is 0.0178 e. The van der Waals surface area contributed by atoms with Crippen LogP contribution in [0.25, 0.3) is 0 Å². The number of hydrogen-bond donors (Lipinski definition) is 0. The second-order valence-corrected chi connectivity index (χ2v) is 4.72. The van der Waals surface area contributed by atoms with Gasteiger partial charge in [0.1, 0.15) is 0 Å². The maximum Gasteiger partial charge on any atom is -0.0178 e. The maximum absolute atomic E-state index is 3.89. The van der Waals surface area contributed by atoms with Crippen LogP contribution in [0.2, 0.25) is 0 Å². The lowest BCUT2D eigenvalue weighted by molar-refractivity contribution is 0.491. The van der Waals surface area contributed by atoms with Crippen molar-refractivity contribution in [1.82, 2.24) is 0 Å². The average Bonchev–Trinajstić information content (AvgIpc) is 2.20. The Morgan fingerprint density at radius 1 is 1.20 bits per heavy atom. The number of rotatable bonds is 8. The first-order valence-corrected chi connectivity index (χ1v) is 6.44. The molecule has 15 heavy (non-hydrogen) atoms. The van der Waals surface area contributed by atoms with Gasteiger partial charge in [-0.25, -0.2) is 0 Å². The topological polar surface area (TPSA) is 0 Å². The molecule has 0 fully saturated rings. The lowest BCUT2D eigenvalue weighted by Gasteiger charge is -2.15. The molecule has 0 heterocycles. The zero-order valence-electron chi connectivity index (χ0n) is 11.0. The molecule has 0 bridgehead atoms. The van der Waals surface area contributed by atoms with Crippen molar-refractivity contribution in [2.24, 2.45) is 17.8 Å². The van der Waals surface area contributed by atoms with Crippen molar-refractivity contribution >= 4 is 0 Å². The summed E-state index contributed by atoms with van der Waals surface area (Å²) in [7, 11) is 0. The molecule has 88 valence electrons. The lowest BCUT2D eigenvalue weighted by Crippen LogP contribution is -2.04. The summed E-state index contributed by atoms with van der Waals surface area (Å²) in [5, 5.41) is 0. The fraction of sp³-hybridized carbons (Fsp3) is 0.733. The summed E-state index contributed by atoms with van der Waals surface area (Å²) in [6.45, 7) is 13.0. The molecule has 0 amide bonds. The molecule has 0 N–H and O–H groups in total. The molecule has 3 atom stereocenters. The zero-order chi connectivity index (χ0) is 11.7. The van der Waals surface area contributed by atoms with E-state index in [-0.39, 0.29) is 0 Å². The molecule has 3 unspecified atom stereocenters. The van der Waals surface area contributed by atoms with Crippen LogP contribution in [-0.2, 0) is 0 Å². The van der Waals surface area contributed by atoms with Crippen LogP contribution in [0.3, 0.4) is 0 Å². The van der Waals surface area contributed by atoms with Gasteiger partial charge in [-0.2, -0.15) is 0 Å². The molecule has 0 spiro atoms. The Labute approximate surface area is 96.5 Å². The van der Waals surface area contributed by atoms with E-state index in [4.69, 9.17) is 0 Å². The minimum absolute atomic E-state index is 0.640. The van der Waals surface area contributed by atoms with E-state index < -0.39 is 0 Å². The SMILES string of the molecule is C=CC(CC)C(C)C=CCC(C)CCC. The molecule has 0 aliphatic heterocycles. The van der Waals surface area contributed by atoms with Crippen molar-refractivity contribution in [2.75, 3.05) is 0 Å². The molecule has 0 nitrogen and oxygen atoms in total. The molecule has 0 aliphatic carbocycles. The number of hydrogen-bond acceptors (Lipinski definition) is 0. The maximum atomic E-state index is 3.89. The van der Waals surface area contributed by atoms with E-state index in [2.05, 4.69) is 52.5 Å². The van der Waals surface area contributed by atoms with Gasteiger partial charge in [-0.15, -0.1) is 6.58 Å². The van der Waals surface area contributed by atoms with E-state index in [9.17, 15) is 0 Å². The molecule has 0 aromatic rings. The van der Waals surface area contributed by atoms with Crippen LogP contribution < -0.4 is 0 Å². The van der Waals surface area contributed by atoms with Crippen molar-refractivity contribution < 1.29 is 0 Å². The first kappa shape index (κ1) is 14.5. The molecule has 0 aromatic heterocycles. The highest BCUT2D eigenvalue weighted by Crippen LogP contribution is 2.19. The van der Waals surface area contributed by atoms with Gasteiger partial charge >= 0.3 is 0 Å². The third-order valence-corrected chi connectivity index (χ3v) is 3.21. The molecular weight excluding hydrogens is 180 g/mol. The van der Waals surface area contributed by atoms with E-state index in [1.807, 2.05) is 0 Å². The van der Waals surface area contributed by atoms with Gasteiger partial charge in [-0.05, 0) is 30.6 Å². The Bertz CT molecular complexity index is 178. The second-order valence-electron chi connectivity index (χ2n) is 4.72. The highest BCUT2D eigenvalue weighted by atomic mass is 14.1. The highest BCUT2D eigenvalue weighted by Gasteiger charge is 2.07. The lowest BCUT2D eigenvalue weighted by atomic mass is 9.90. The Balaban J connectivity index is 3.88. The fourth-order valence-corrected chi connectivity index (χ4v) is 2.03. The molecule has 0 aliphatic rings. The quantitative estimate of drug-likeness (QED) is 0.480. The third kappa shape index (κ3) is 6.54. The molecular formula is C15H28. The van der Waals surface area contributed by atoms with Gasteiger partial charge in [0.2, 0.25) is 0 Å². The Morgan fingerprint density at radius 3 is 2.33 bits per heavy atom. The zero-order valence-corrected chi connectivity index (χ0v) is 11.0. The number of allylic oxidation sites excluding steroid dienone is 3. The van der Waals surface area contributed by atoms with Crippen LogP contribution in [0, 0.1) is 17.8 Å². The second kappa shape index (κ2) is 8.76. The van der Waals surface area contributed by atoms with Gasteiger partial charge in [-0.1, -0.05) is 58.8 Å². The normalized spacial score (nSPS) is 17.6. The Kier molecular flexibility index (Phi) is 8.46.